The average Bonchev–Trinajstić information content (AvgIpc) is 2.18. The number of hydrogen-bond donors (Lipinski definition) is 1. The molecule has 17 heavy (non-hydrogen) atoms. The standard InChI is InChI=1S/C13H17ClO3/c1-13(2,3)6-7-17-11-5-4-9(14)8-10(11)12(15)16/h4-5,8H,6-7H2,1-3H3,(H,15,16). The van der Waals surface area contributed by atoms with Crippen LogP contribution in [0.15, 0.2) is 18.2 Å². The van der Waals surface area contributed by atoms with Crippen molar-refractivity contribution in [3.63, 3.8) is 0 Å². The second-order valence-electron chi connectivity index (χ2n) is 5.10. The summed E-state index contributed by atoms with van der Waals surface area (Å²) >= 11 is 5.75. The first-order valence-corrected chi connectivity index (χ1v) is 5.83. The van der Waals surface area contributed by atoms with Crippen molar-refractivity contribution in [3.8, 4) is 5.75 Å². The van der Waals surface area contributed by atoms with Gasteiger partial charge >= 0.3 is 5.97 Å². The molecule has 0 aliphatic heterocycles. The molecule has 0 spiro atoms. The van der Waals surface area contributed by atoms with Crippen LogP contribution in [0.4, 0.5) is 0 Å². The fraction of sp³-hybridized carbons (Fsp3) is 0.462. The summed E-state index contributed by atoms with van der Waals surface area (Å²) in [5.74, 6) is -0.663. The van der Waals surface area contributed by atoms with Crippen molar-refractivity contribution in [3.05, 3.63) is 28.8 Å². The number of halogens is 1. The molecule has 0 heterocycles. The van der Waals surface area contributed by atoms with E-state index in [1.807, 2.05) is 0 Å². The van der Waals surface area contributed by atoms with Crippen LogP contribution in [0, 0.1) is 5.41 Å². The number of carbonyl (C=O) groups is 1. The second kappa shape index (κ2) is 5.41. The van der Waals surface area contributed by atoms with Gasteiger partial charge in [-0.05, 0) is 30.0 Å². The zero-order valence-corrected chi connectivity index (χ0v) is 11.0. The summed E-state index contributed by atoms with van der Waals surface area (Å²) in [6.07, 6.45) is 0.856. The normalized spacial score (nSPS) is 11.3. The van der Waals surface area contributed by atoms with Crippen molar-refractivity contribution in [2.75, 3.05) is 6.61 Å². The fourth-order valence-corrected chi connectivity index (χ4v) is 1.43. The molecule has 0 fully saturated rings. The molecular weight excluding hydrogens is 240 g/mol. The molecule has 0 atom stereocenters. The maximum atomic E-state index is 11.0. The van der Waals surface area contributed by atoms with E-state index in [1.165, 1.54) is 6.07 Å². The Bertz CT molecular complexity index is 408. The van der Waals surface area contributed by atoms with Gasteiger partial charge in [0.15, 0.2) is 0 Å². The summed E-state index contributed by atoms with van der Waals surface area (Å²) in [5, 5.41) is 9.40. The van der Waals surface area contributed by atoms with Crippen molar-refractivity contribution < 1.29 is 14.6 Å². The zero-order chi connectivity index (χ0) is 13.1. The topological polar surface area (TPSA) is 46.5 Å². The molecular formula is C13H17ClO3. The van der Waals surface area contributed by atoms with Crippen molar-refractivity contribution in [1.29, 1.82) is 0 Å². The van der Waals surface area contributed by atoms with Crippen LogP contribution in [0.2, 0.25) is 5.02 Å². The summed E-state index contributed by atoms with van der Waals surface area (Å²) in [5.41, 5.74) is 0.266. The SMILES string of the molecule is CC(C)(C)CCOc1ccc(Cl)cc1C(=O)O. The summed E-state index contributed by atoms with van der Waals surface area (Å²) in [7, 11) is 0. The van der Waals surface area contributed by atoms with E-state index in [0.29, 0.717) is 17.4 Å². The Hall–Kier alpha value is -1.22. The first-order valence-electron chi connectivity index (χ1n) is 5.45. The van der Waals surface area contributed by atoms with Gasteiger partial charge in [-0.3, -0.25) is 0 Å². The van der Waals surface area contributed by atoms with Crippen LogP contribution < -0.4 is 4.74 Å². The van der Waals surface area contributed by atoms with E-state index in [4.69, 9.17) is 21.4 Å². The van der Waals surface area contributed by atoms with Gasteiger partial charge in [-0.1, -0.05) is 32.4 Å². The van der Waals surface area contributed by atoms with Gasteiger partial charge in [-0.25, -0.2) is 4.79 Å². The van der Waals surface area contributed by atoms with Crippen LogP contribution in [-0.2, 0) is 0 Å². The molecule has 4 heteroatoms. The number of ether oxygens (including phenoxy) is 1. The molecule has 3 nitrogen and oxygen atoms in total. The highest BCUT2D eigenvalue weighted by atomic mass is 35.5. The highest BCUT2D eigenvalue weighted by Gasteiger charge is 2.14. The van der Waals surface area contributed by atoms with E-state index in [-0.39, 0.29) is 11.0 Å². The van der Waals surface area contributed by atoms with Crippen molar-refractivity contribution in [2.45, 2.75) is 27.2 Å². The molecule has 1 aromatic carbocycles. The third kappa shape index (κ3) is 4.65. The molecule has 1 N–H and O–H groups in total. The second-order valence-corrected chi connectivity index (χ2v) is 5.54. The third-order valence-corrected chi connectivity index (χ3v) is 2.52. The quantitative estimate of drug-likeness (QED) is 0.890. The minimum absolute atomic E-state index is 0.103. The van der Waals surface area contributed by atoms with Crippen molar-refractivity contribution >= 4 is 17.6 Å². The van der Waals surface area contributed by atoms with Crippen LogP contribution in [-0.4, -0.2) is 17.7 Å². The molecule has 0 aliphatic rings. The van der Waals surface area contributed by atoms with E-state index >= 15 is 0 Å². The van der Waals surface area contributed by atoms with E-state index in [9.17, 15) is 4.79 Å². The number of hydrogen-bond acceptors (Lipinski definition) is 2. The van der Waals surface area contributed by atoms with E-state index in [0.717, 1.165) is 6.42 Å². The van der Waals surface area contributed by atoms with Gasteiger partial charge in [-0.2, -0.15) is 0 Å². The Labute approximate surface area is 106 Å². The molecule has 1 aromatic rings. The Kier molecular flexibility index (Phi) is 4.40. The molecule has 0 aromatic heterocycles. The average molecular weight is 257 g/mol. The third-order valence-electron chi connectivity index (χ3n) is 2.28. The summed E-state index contributed by atoms with van der Waals surface area (Å²) in [6, 6.07) is 4.62. The lowest BCUT2D eigenvalue weighted by Crippen LogP contribution is -2.12. The number of rotatable bonds is 4. The first kappa shape index (κ1) is 13.8. The lowest BCUT2D eigenvalue weighted by molar-refractivity contribution is 0.0692. The Morgan fingerprint density at radius 3 is 2.59 bits per heavy atom. The number of carboxylic acid groups (broad SMARTS) is 1. The van der Waals surface area contributed by atoms with E-state index < -0.39 is 5.97 Å². The molecule has 0 amide bonds. The Morgan fingerprint density at radius 1 is 1.41 bits per heavy atom. The first-order chi connectivity index (χ1) is 7.79. The smallest absolute Gasteiger partial charge is 0.339 e. The lowest BCUT2D eigenvalue weighted by Gasteiger charge is -2.18. The maximum absolute atomic E-state index is 11.0. The molecule has 0 saturated heterocycles. The molecule has 0 radical (unpaired) electrons. The van der Waals surface area contributed by atoms with Crippen molar-refractivity contribution in [1.82, 2.24) is 0 Å². The van der Waals surface area contributed by atoms with Gasteiger partial charge in [-0.15, -0.1) is 0 Å². The summed E-state index contributed by atoms with van der Waals surface area (Å²) < 4.78 is 5.49. The minimum Gasteiger partial charge on any atom is -0.493 e. The number of carboxylic acids is 1. The molecule has 0 unspecified atom stereocenters. The summed E-state index contributed by atoms with van der Waals surface area (Å²) in [4.78, 5) is 11.0. The maximum Gasteiger partial charge on any atom is 0.339 e. The summed E-state index contributed by atoms with van der Waals surface area (Å²) in [6.45, 7) is 6.81. The largest absolute Gasteiger partial charge is 0.493 e. The highest BCUT2D eigenvalue weighted by Crippen LogP contribution is 2.24. The van der Waals surface area contributed by atoms with Crippen LogP contribution >= 0.6 is 11.6 Å². The predicted octanol–water partition coefficient (Wildman–Crippen LogP) is 3.85. The van der Waals surface area contributed by atoms with Crippen LogP contribution in [0.25, 0.3) is 0 Å². The van der Waals surface area contributed by atoms with Crippen molar-refractivity contribution in [2.24, 2.45) is 5.41 Å². The van der Waals surface area contributed by atoms with Gasteiger partial charge in [0, 0.05) is 5.02 Å². The molecule has 94 valence electrons. The van der Waals surface area contributed by atoms with E-state index in [1.54, 1.807) is 12.1 Å². The number of aromatic carboxylic acids is 1. The van der Waals surface area contributed by atoms with E-state index in [2.05, 4.69) is 20.8 Å². The van der Waals surface area contributed by atoms with Gasteiger partial charge in [0.25, 0.3) is 0 Å². The van der Waals surface area contributed by atoms with Gasteiger partial charge in [0.1, 0.15) is 11.3 Å². The lowest BCUT2D eigenvalue weighted by atomic mass is 9.93. The van der Waals surface area contributed by atoms with Crippen LogP contribution in [0.3, 0.4) is 0 Å². The molecule has 0 bridgehead atoms. The fourth-order valence-electron chi connectivity index (χ4n) is 1.26. The van der Waals surface area contributed by atoms with Crippen LogP contribution in [0.5, 0.6) is 5.75 Å². The highest BCUT2D eigenvalue weighted by molar-refractivity contribution is 6.31. The molecule has 0 saturated carbocycles. The molecule has 0 aliphatic carbocycles. The number of benzene rings is 1. The van der Waals surface area contributed by atoms with Gasteiger partial charge in [0.2, 0.25) is 0 Å². The zero-order valence-electron chi connectivity index (χ0n) is 10.3. The van der Waals surface area contributed by atoms with Crippen LogP contribution in [0.1, 0.15) is 37.6 Å². The molecule has 1 rings (SSSR count). The predicted molar refractivity (Wildman–Crippen MR) is 68.0 cm³/mol. The van der Waals surface area contributed by atoms with Gasteiger partial charge < -0.3 is 9.84 Å². The monoisotopic (exact) mass is 256 g/mol. The van der Waals surface area contributed by atoms with Gasteiger partial charge in [0.05, 0.1) is 6.61 Å². The Balaban J connectivity index is 2.74. The Morgan fingerprint density at radius 2 is 2.06 bits per heavy atom. The minimum atomic E-state index is -1.03.